The van der Waals surface area contributed by atoms with Gasteiger partial charge in [0, 0.05) is 16.4 Å². The molecule has 2 aromatic heterocycles. The zero-order chi connectivity index (χ0) is 19.5. The van der Waals surface area contributed by atoms with E-state index in [1.54, 1.807) is 11.3 Å². The fraction of sp³-hybridized carbons (Fsp3) is 0.227. The summed E-state index contributed by atoms with van der Waals surface area (Å²) in [6.07, 6.45) is 0. The predicted octanol–water partition coefficient (Wildman–Crippen LogP) is 4.93. The summed E-state index contributed by atoms with van der Waals surface area (Å²) in [7, 11) is 0. The molecule has 2 aromatic carbocycles. The molecular weight excluding hydrogens is 390 g/mol. The Hall–Kier alpha value is -2.18. The summed E-state index contributed by atoms with van der Waals surface area (Å²) in [4.78, 5) is 6.03. The molecule has 0 aliphatic heterocycles. The van der Waals surface area contributed by atoms with Gasteiger partial charge in [0.15, 0.2) is 0 Å². The molecule has 0 amide bonds. The summed E-state index contributed by atoms with van der Waals surface area (Å²) in [5.74, 6) is 0.889. The van der Waals surface area contributed by atoms with E-state index in [1.807, 2.05) is 22.8 Å². The summed E-state index contributed by atoms with van der Waals surface area (Å²) in [5, 5.41) is 16.0. The van der Waals surface area contributed by atoms with Gasteiger partial charge < -0.3 is 9.67 Å². The van der Waals surface area contributed by atoms with E-state index in [0.29, 0.717) is 18.1 Å². The Morgan fingerprint density at radius 3 is 2.71 bits per heavy atom. The number of aromatic nitrogens is 2. The topological polar surface area (TPSA) is 50.1 Å². The lowest BCUT2D eigenvalue weighted by molar-refractivity contribution is 0.275. The number of aliphatic hydroxyl groups is 1. The second-order valence-electron chi connectivity index (χ2n) is 6.78. The van der Waals surface area contributed by atoms with Gasteiger partial charge in [-0.15, -0.1) is 11.3 Å². The van der Waals surface area contributed by atoms with Gasteiger partial charge in [-0.2, -0.15) is 0 Å². The molecule has 2 N–H and O–H groups in total. The van der Waals surface area contributed by atoms with Crippen LogP contribution in [0.25, 0.3) is 11.0 Å². The summed E-state index contributed by atoms with van der Waals surface area (Å²) < 4.78 is 2.04. The maximum Gasteiger partial charge on any atom is 0.123 e. The molecule has 6 heteroatoms. The summed E-state index contributed by atoms with van der Waals surface area (Å²) in [6.45, 7) is 3.22. The number of nitrogens with one attached hydrogen (secondary N) is 1. The summed E-state index contributed by atoms with van der Waals surface area (Å²) >= 11 is 7.91. The number of halogens is 1. The number of aryl methyl sites for hydroxylation is 1. The number of benzene rings is 2. The normalized spacial score (nSPS) is 12.5. The van der Waals surface area contributed by atoms with E-state index < -0.39 is 0 Å². The number of nitrogens with zero attached hydrogens (tertiary/aromatic N) is 2. The third kappa shape index (κ3) is 3.98. The van der Waals surface area contributed by atoms with Crippen LogP contribution >= 0.6 is 22.9 Å². The molecule has 0 radical (unpaired) electrons. The molecule has 4 nitrogen and oxygen atoms in total. The highest BCUT2D eigenvalue weighted by Crippen LogP contribution is 2.27. The lowest BCUT2D eigenvalue weighted by Gasteiger charge is -2.19. The van der Waals surface area contributed by atoms with E-state index in [-0.39, 0.29) is 12.6 Å². The highest BCUT2D eigenvalue weighted by atomic mass is 35.5. The quantitative estimate of drug-likeness (QED) is 0.453. The van der Waals surface area contributed by atoms with Crippen molar-refractivity contribution in [2.75, 3.05) is 6.61 Å². The van der Waals surface area contributed by atoms with Crippen LogP contribution in [-0.4, -0.2) is 21.3 Å². The van der Waals surface area contributed by atoms with Crippen LogP contribution in [0.4, 0.5) is 0 Å². The molecule has 0 saturated heterocycles. The van der Waals surface area contributed by atoms with Crippen LogP contribution < -0.4 is 5.32 Å². The fourth-order valence-electron chi connectivity index (χ4n) is 3.42. The van der Waals surface area contributed by atoms with Crippen molar-refractivity contribution in [2.24, 2.45) is 0 Å². The number of imidazole rings is 1. The van der Waals surface area contributed by atoms with Gasteiger partial charge in [0.05, 0.1) is 30.2 Å². The second kappa shape index (κ2) is 8.45. The Kier molecular flexibility index (Phi) is 5.78. The average Bonchev–Trinajstić information content (AvgIpc) is 3.33. The van der Waals surface area contributed by atoms with Crippen molar-refractivity contribution in [1.29, 1.82) is 0 Å². The van der Waals surface area contributed by atoms with Gasteiger partial charge in [-0.1, -0.05) is 47.5 Å². The van der Waals surface area contributed by atoms with Crippen LogP contribution in [0.5, 0.6) is 0 Å². The van der Waals surface area contributed by atoms with Crippen molar-refractivity contribution in [1.82, 2.24) is 14.9 Å². The van der Waals surface area contributed by atoms with Crippen LogP contribution in [0, 0.1) is 6.92 Å². The van der Waals surface area contributed by atoms with Crippen LogP contribution in [-0.2, 0) is 13.1 Å². The number of rotatable bonds is 7. The third-order valence-electron chi connectivity index (χ3n) is 4.82. The first kappa shape index (κ1) is 19.2. The average molecular weight is 412 g/mol. The third-order valence-corrected chi connectivity index (χ3v) is 5.99. The predicted molar refractivity (Wildman–Crippen MR) is 116 cm³/mol. The van der Waals surface area contributed by atoms with Crippen molar-refractivity contribution in [3.63, 3.8) is 0 Å². The first-order valence-corrected chi connectivity index (χ1v) is 10.5. The molecule has 0 aliphatic rings. The number of fused-ring (bicyclic) bond motifs is 1. The Bertz CT molecular complexity index is 1060. The van der Waals surface area contributed by atoms with E-state index in [4.69, 9.17) is 16.6 Å². The number of hydrogen-bond donors (Lipinski definition) is 2. The van der Waals surface area contributed by atoms with Gasteiger partial charge in [-0.05, 0) is 42.1 Å². The van der Waals surface area contributed by atoms with E-state index in [9.17, 15) is 5.11 Å². The molecule has 144 valence electrons. The molecule has 2 heterocycles. The molecule has 1 atom stereocenters. The SMILES string of the molecule is Cc1ccc([C@@H](NCc2nc3ccc(Cl)cc3n2CCO)c2cccs2)cc1. The zero-order valence-corrected chi connectivity index (χ0v) is 17.2. The smallest absolute Gasteiger partial charge is 0.123 e. The molecular formula is C22H22ClN3OS. The second-order valence-corrected chi connectivity index (χ2v) is 8.19. The number of thiophene rings is 1. The van der Waals surface area contributed by atoms with Crippen LogP contribution in [0.15, 0.2) is 60.0 Å². The van der Waals surface area contributed by atoms with Crippen molar-refractivity contribution in [3.8, 4) is 0 Å². The number of aliphatic hydroxyl groups excluding tert-OH is 1. The maximum absolute atomic E-state index is 9.52. The van der Waals surface area contributed by atoms with Crippen molar-refractivity contribution in [3.05, 3.63) is 86.8 Å². The zero-order valence-electron chi connectivity index (χ0n) is 15.6. The summed E-state index contributed by atoms with van der Waals surface area (Å²) in [5.41, 5.74) is 4.30. The lowest BCUT2D eigenvalue weighted by atomic mass is 10.0. The molecule has 4 aromatic rings. The first-order valence-electron chi connectivity index (χ1n) is 9.24. The van der Waals surface area contributed by atoms with Crippen LogP contribution in [0.1, 0.15) is 27.9 Å². The molecule has 0 aliphatic carbocycles. The minimum absolute atomic E-state index is 0.0529. The highest BCUT2D eigenvalue weighted by Gasteiger charge is 2.17. The van der Waals surface area contributed by atoms with Crippen molar-refractivity contribution in [2.45, 2.75) is 26.1 Å². The van der Waals surface area contributed by atoms with Gasteiger partial charge in [0.1, 0.15) is 5.82 Å². The molecule has 4 rings (SSSR count). The standard InChI is InChI=1S/C22H22ClN3OS/c1-15-4-6-16(7-5-15)22(20-3-2-12-28-20)24-14-21-25-18-9-8-17(23)13-19(18)26(21)10-11-27/h2-9,12-13,22,24,27H,10-11,14H2,1H3/t22-/m1/s1. The first-order chi connectivity index (χ1) is 13.7. The van der Waals surface area contributed by atoms with Gasteiger partial charge in [0.25, 0.3) is 0 Å². The van der Waals surface area contributed by atoms with Gasteiger partial charge in [-0.3, -0.25) is 5.32 Å². The Balaban J connectivity index is 1.65. The molecule has 0 fully saturated rings. The van der Waals surface area contributed by atoms with Crippen molar-refractivity contribution < 1.29 is 5.11 Å². The van der Waals surface area contributed by atoms with E-state index in [0.717, 1.165) is 16.9 Å². The minimum atomic E-state index is 0.0529. The molecule has 0 bridgehead atoms. The molecule has 0 saturated carbocycles. The highest BCUT2D eigenvalue weighted by molar-refractivity contribution is 7.10. The Morgan fingerprint density at radius 1 is 1.18 bits per heavy atom. The van der Waals surface area contributed by atoms with Crippen LogP contribution in [0.2, 0.25) is 5.02 Å². The van der Waals surface area contributed by atoms with Gasteiger partial charge >= 0.3 is 0 Å². The fourth-order valence-corrected chi connectivity index (χ4v) is 4.41. The lowest BCUT2D eigenvalue weighted by Crippen LogP contribution is -2.23. The monoisotopic (exact) mass is 411 g/mol. The molecule has 28 heavy (non-hydrogen) atoms. The maximum atomic E-state index is 9.52. The molecule has 0 unspecified atom stereocenters. The van der Waals surface area contributed by atoms with Gasteiger partial charge in [0.2, 0.25) is 0 Å². The van der Waals surface area contributed by atoms with Gasteiger partial charge in [-0.25, -0.2) is 4.98 Å². The van der Waals surface area contributed by atoms with Crippen molar-refractivity contribution >= 4 is 34.0 Å². The Labute approximate surface area is 173 Å². The van der Waals surface area contributed by atoms with E-state index >= 15 is 0 Å². The van der Waals surface area contributed by atoms with Crippen LogP contribution in [0.3, 0.4) is 0 Å². The Morgan fingerprint density at radius 2 is 2.00 bits per heavy atom. The van der Waals surface area contributed by atoms with E-state index in [1.165, 1.54) is 16.0 Å². The summed E-state index contributed by atoms with van der Waals surface area (Å²) in [6, 6.07) is 18.6. The van der Waals surface area contributed by atoms with E-state index in [2.05, 4.69) is 54.0 Å². The minimum Gasteiger partial charge on any atom is -0.395 e. The number of hydrogen-bond acceptors (Lipinski definition) is 4. The molecule has 0 spiro atoms. The largest absolute Gasteiger partial charge is 0.395 e.